The maximum absolute atomic E-state index is 6.18. The first-order valence-corrected chi connectivity index (χ1v) is 7.12. The maximum Gasteiger partial charge on any atom is 0.150 e. The Morgan fingerprint density at radius 2 is 1.94 bits per heavy atom. The van der Waals surface area contributed by atoms with E-state index in [0.29, 0.717) is 0 Å². The Bertz CT molecular complexity index is 400. The first kappa shape index (κ1) is 13.2. The fourth-order valence-corrected chi connectivity index (χ4v) is 2.92. The van der Waals surface area contributed by atoms with Gasteiger partial charge in [0.25, 0.3) is 0 Å². The van der Waals surface area contributed by atoms with Crippen LogP contribution in [0.15, 0.2) is 0 Å². The van der Waals surface area contributed by atoms with Crippen LogP contribution in [0.25, 0.3) is 0 Å². The second kappa shape index (κ2) is 5.21. The number of anilines is 2. The molecule has 0 aromatic carbocycles. The zero-order chi connectivity index (χ0) is 13.3. The van der Waals surface area contributed by atoms with Gasteiger partial charge in [0.2, 0.25) is 0 Å². The minimum atomic E-state index is 0.794. The van der Waals surface area contributed by atoms with E-state index in [4.69, 9.17) is 5.73 Å². The molecule has 1 fully saturated rings. The minimum Gasteiger partial charge on any atom is -0.394 e. The molecule has 0 saturated carbocycles. The van der Waals surface area contributed by atoms with Crippen molar-refractivity contribution in [1.82, 2.24) is 9.78 Å². The summed E-state index contributed by atoms with van der Waals surface area (Å²) in [5, 5.41) is 4.51. The van der Waals surface area contributed by atoms with E-state index in [-0.39, 0.29) is 0 Å². The lowest BCUT2D eigenvalue weighted by molar-refractivity contribution is 0.309. The van der Waals surface area contributed by atoms with Crippen LogP contribution in [-0.4, -0.2) is 22.9 Å². The van der Waals surface area contributed by atoms with Crippen molar-refractivity contribution < 1.29 is 0 Å². The molecule has 4 heteroatoms. The molecule has 2 heterocycles. The van der Waals surface area contributed by atoms with E-state index in [1.807, 2.05) is 11.6 Å². The van der Waals surface area contributed by atoms with Crippen molar-refractivity contribution in [2.75, 3.05) is 23.7 Å². The summed E-state index contributed by atoms with van der Waals surface area (Å²) in [5.41, 5.74) is 8.00. The van der Waals surface area contributed by atoms with Crippen molar-refractivity contribution >= 4 is 11.5 Å². The molecule has 1 saturated heterocycles. The fourth-order valence-electron chi connectivity index (χ4n) is 2.92. The molecule has 102 valence electrons. The quantitative estimate of drug-likeness (QED) is 0.897. The summed E-state index contributed by atoms with van der Waals surface area (Å²) in [5.74, 6) is 2.79. The van der Waals surface area contributed by atoms with Crippen molar-refractivity contribution in [3.05, 3.63) is 5.69 Å². The van der Waals surface area contributed by atoms with Gasteiger partial charge < -0.3 is 10.6 Å². The van der Waals surface area contributed by atoms with Crippen LogP contribution in [-0.2, 0) is 6.54 Å². The van der Waals surface area contributed by atoms with Gasteiger partial charge in [-0.2, -0.15) is 5.10 Å². The molecule has 2 rings (SSSR count). The normalized spacial score (nSPS) is 17.7. The summed E-state index contributed by atoms with van der Waals surface area (Å²) in [6.45, 7) is 11.9. The summed E-state index contributed by atoms with van der Waals surface area (Å²) in [6.07, 6.45) is 2.54. The molecule has 0 bridgehead atoms. The average molecular weight is 250 g/mol. The summed E-state index contributed by atoms with van der Waals surface area (Å²) < 4.78 is 2.04. The molecular weight excluding hydrogens is 224 g/mol. The van der Waals surface area contributed by atoms with E-state index in [1.165, 1.54) is 12.8 Å². The Balaban J connectivity index is 2.14. The van der Waals surface area contributed by atoms with Gasteiger partial charge in [0.05, 0.1) is 11.4 Å². The van der Waals surface area contributed by atoms with Gasteiger partial charge in [0.1, 0.15) is 0 Å². The van der Waals surface area contributed by atoms with Crippen LogP contribution in [0.1, 0.15) is 39.3 Å². The molecule has 0 atom stereocenters. The molecule has 0 spiro atoms. The van der Waals surface area contributed by atoms with Crippen molar-refractivity contribution in [2.45, 2.75) is 47.1 Å². The number of hydrogen-bond donors (Lipinski definition) is 1. The highest BCUT2D eigenvalue weighted by Crippen LogP contribution is 2.32. The number of nitrogen functional groups attached to an aromatic ring is 1. The third-order valence-corrected chi connectivity index (χ3v) is 4.23. The highest BCUT2D eigenvalue weighted by molar-refractivity contribution is 5.66. The van der Waals surface area contributed by atoms with Crippen LogP contribution in [0, 0.1) is 18.8 Å². The van der Waals surface area contributed by atoms with E-state index in [9.17, 15) is 0 Å². The molecule has 4 nitrogen and oxygen atoms in total. The predicted octanol–water partition coefficient (Wildman–Crippen LogP) is 2.67. The van der Waals surface area contributed by atoms with Crippen molar-refractivity contribution in [2.24, 2.45) is 11.8 Å². The fraction of sp³-hybridized carbons (Fsp3) is 0.786. The van der Waals surface area contributed by atoms with Gasteiger partial charge in [-0.25, -0.2) is 4.68 Å². The molecule has 0 aliphatic carbocycles. The van der Waals surface area contributed by atoms with Crippen molar-refractivity contribution in [3.63, 3.8) is 0 Å². The Hall–Kier alpha value is -1.19. The molecular formula is C14H26N4. The number of rotatable bonds is 3. The lowest BCUT2D eigenvalue weighted by Crippen LogP contribution is -2.36. The number of nitrogens with two attached hydrogens (primary N) is 1. The highest BCUT2D eigenvalue weighted by Gasteiger charge is 2.25. The SMILES string of the molecule is CCn1nc(C)c(N)c1N1CCC(C(C)C)CC1. The molecule has 0 radical (unpaired) electrons. The third-order valence-electron chi connectivity index (χ3n) is 4.23. The van der Waals surface area contributed by atoms with Gasteiger partial charge in [0, 0.05) is 19.6 Å². The second-order valence-corrected chi connectivity index (χ2v) is 5.71. The maximum atomic E-state index is 6.18. The second-order valence-electron chi connectivity index (χ2n) is 5.71. The van der Waals surface area contributed by atoms with Crippen LogP contribution >= 0.6 is 0 Å². The van der Waals surface area contributed by atoms with Gasteiger partial charge >= 0.3 is 0 Å². The molecule has 2 N–H and O–H groups in total. The van der Waals surface area contributed by atoms with Gasteiger partial charge in [-0.05, 0) is 38.5 Å². The lowest BCUT2D eigenvalue weighted by atomic mass is 9.87. The summed E-state index contributed by atoms with van der Waals surface area (Å²) in [4.78, 5) is 2.41. The average Bonchev–Trinajstić information content (AvgIpc) is 2.65. The Kier molecular flexibility index (Phi) is 3.83. The number of aromatic nitrogens is 2. The van der Waals surface area contributed by atoms with Gasteiger partial charge in [-0.15, -0.1) is 0 Å². The smallest absolute Gasteiger partial charge is 0.150 e. The number of piperidine rings is 1. The largest absolute Gasteiger partial charge is 0.394 e. The molecule has 1 aromatic rings. The van der Waals surface area contributed by atoms with E-state index in [2.05, 4.69) is 30.8 Å². The van der Waals surface area contributed by atoms with E-state index in [1.54, 1.807) is 0 Å². The molecule has 1 aliphatic rings. The van der Waals surface area contributed by atoms with E-state index < -0.39 is 0 Å². The van der Waals surface area contributed by atoms with E-state index in [0.717, 1.165) is 48.7 Å². The zero-order valence-corrected chi connectivity index (χ0v) is 12.1. The highest BCUT2D eigenvalue weighted by atomic mass is 15.4. The van der Waals surface area contributed by atoms with Crippen LogP contribution in [0.2, 0.25) is 0 Å². The number of hydrogen-bond acceptors (Lipinski definition) is 3. The van der Waals surface area contributed by atoms with Crippen LogP contribution in [0.4, 0.5) is 11.5 Å². The van der Waals surface area contributed by atoms with E-state index >= 15 is 0 Å². The summed E-state index contributed by atoms with van der Waals surface area (Å²) in [7, 11) is 0. The first-order chi connectivity index (χ1) is 8.54. The molecule has 0 unspecified atom stereocenters. The Labute approximate surface area is 110 Å². The monoisotopic (exact) mass is 250 g/mol. The van der Waals surface area contributed by atoms with Crippen LogP contribution in [0.5, 0.6) is 0 Å². The zero-order valence-electron chi connectivity index (χ0n) is 12.1. The number of nitrogens with zero attached hydrogens (tertiary/aromatic N) is 3. The van der Waals surface area contributed by atoms with Crippen molar-refractivity contribution in [1.29, 1.82) is 0 Å². The molecule has 1 aromatic heterocycles. The standard InChI is InChI=1S/C14H26N4/c1-5-18-14(13(15)11(4)16-18)17-8-6-12(7-9-17)10(2)3/h10,12H,5-9,15H2,1-4H3. The molecule has 1 aliphatic heterocycles. The lowest BCUT2D eigenvalue weighted by Gasteiger charge is -2.35. The number of aryl methyl sites for hydroxylation is 2. The summed E-state index contributed by atoms with van der Waals surface area (Å²) in [6, 6.07) is 0. The Morgan fingerprint density at radius 3 is 2.44 bits per heavy atom. The molecule has 18 heavy (non-hydrogen) atoms. The minimum absolute atomic E-state index is 0.794. The van der Waals surface area contributed by atoms with Crippen molar-refractivity contribution in [3.8, 4) is 0 Å². The third kappa shape index (κ3) is 2.33. The topological polar surface area (TPSA) is 47.1 Å². The van der Waals surface area contributed by atoms with Crippen LogP contribution < -0.4 is 10.6 Å². The van der Waals surface area contributed by atoms with Gasteiger partial charge in [0.15, 0.2) is 5.82 Å². The van der Waals surface area contributed by atoms with Gasteiger partial charge in [-0.1, -0.05) is 13.8 Å². The van der Waals surface area contributed by atoms with Gasteiger partial charge in [-0.3, -0.25) is 0 Å². The predicted molar refractivity (Wildman–Crippen MR) is 76.8 cm³/mol. The van der Waals surface area contributed by atoms with Crippen LogP contribution in [0.3, 0.4) is 0 Å². The molecule has 0 amide bonds. The first-order valence-electron chi connectivity index (χ1n) is 7.12. The Morgan fingerprint density at radius 1 is 1.33 bits per heavy atom. The summed E-state index contributed by atoms with van der Waals surface area (Å²) >= 11 is 0.